The maximum absolute atomic E-state index is 9.82. The molecule has 0 rings (SSSR count). The molecule has 4 nitrogen and oxygen atoms in total. The number of hydrogen-bond donors (Lipinski definition) is 2. The fourth-order valence-corrected chi connectivity index (χ4v) is 0.364. The Hall–Kier alpha value is -1.06. The maximum atomic E-state index is 9.82. The summed E-state index contributed by atoms with van der Waals surface area (Å²) < 4.78 is 0. The second kappa shape index (κ2) is 4.78. The largest absolute Gasteiger partial charge is 0.464 e. The van der Waals surface area contributed by atoms with Crippen LogP contribution in [0.1, 0.15) is 20.3 Å². The number of nitrogens with one attached hydrogen (secondary N) is 1. The summed E-state index contributed by atoms with van der Waals surface area (Å²) in [6.45, 7) is 4.07. The van der Waals surface area contributed by atoms with E-state index >= 15 is 0 Å². The summed E-state index contributed by atoms with van der Waals surface area (Å²) in [6.07, 6.45) is 1.22. The zero-order valence-corrected chi connectivity index (χ0v) is 6.16. The second-order valence-electron chi connectivity index (χ2n) is 2.36. The van der Waals surface area contributed by atoms with Crippen LogP contribution in [0.4, 0.5) is 4.79 Å². The molecular weight excluding hydrogens is 132 g/mol. The molecule has 0 saturated heterocycles. The Morgan fingerprint density at radius 1 is 1.80 bits per heavy atom. The van der Waals surface area contributed by atoms with E-state index in [-0.39, 0.29) is 0 Å². The van der Waals surface area contributed by atoms with Crippen molar-refractivity contribution in [3.8, 4) is 0 Å². The zero-order valence-electron chi connectivity index (χ0n) is 6.16. The van der Waals surface area contributed by atoms with E-state index in [1.807, 2.05) is 19.3 Å². The van der Waals surface area contributed by atoms with Gasteiger partial charge in [0.2, 0.25) is 0 Å². The summed E-state index contributed by atoms with van der Waals surface area (Å²) in [5, 5.41) is 11.5. The molecular formula is C6H12N2O2. The quantitative estimate of drug-likeness (QED) is 0.463. The molecule has 10 heavy (non-hydrogen) atoms. The number of rotatable bonds is 3. The lowest BCUT2D eigenvalue weighted by Gasteiger charge is -1.95. The predicted molar refractivity (Wildman–Crippen MR) is 39.1 cm³/mol. The van der Waals surface area contributed by atoms with Gasteiger partial charge in [0.15, 0.2) is 0 Å². The van der Waals surface area contributed by atoms with Gasteiger partial charge < -0.3 is 5.11 Å². The van der Waals surface area contributed by atoms with Gasteiger partial charge in [-0.2, -0.15) is 5.10 Å². The minimum atomic E-state index is -1.12. The first-order valence-corrected chi connectivity index (χ1v) is 3.13. The Morgan fingerprint density at radius 2 is 2.40 bits per heavy atom. The molecule has 0 fully saturated rings. The van der Waals surface area contributed by atoms with Crippen molar-refractivity contribution in [2.24, 2.45) is 11.0 Å². The summed E-state index contributed by atoms with van der Waals surface area (Å²) in [7, 11) is 0. The van der Waals surface area contributed by atoms with Gasteiger partial charge in [-0.3, -0.25) is 0 Å². The molecule has 0 spiro atoms. The molecule has 0 aliphatic carbocycles. The molecule has 0 saturated carbocycles. The van der Waals surface area contributed by atoms with Crippen LogP contribution in [0.15, 0.2) is 5.10 Å². The van der Waals surface area contributed by atoms with Crippen molar-refractivity contribution in [3.05, 3.63) is 0 Å². The Labute approximate surface area is 59.9 Å². The Bertz CT molecular complexity index is 132. The molecule has 0 aliphatic heterocycles. The third kappa shape index (κ3) is 6.94. The zero-order chi connectivity index (χ0) is 7.98. The van der Waals surface area contributed by atoms with Gasteiger partial charge in [-0.05, 0) is 12.3 Å². The summed E-state index contributed by atoms with van der Waals surface area (Å²) >= 11 is 0. The van der Waals surface area contributed by atoms with Gasteiger partial charge in [0.25, 0.3) is 0 Å². The molecule has 0 unspecified atom stereocenters. The number of hydrazone groups is 1. The van der Waals surface area contributed by atoms with Crippen molar-refractivity contribution in [2.75, 3.05) is 0 Å². The molecule has 4 heteroatoms. The lowest BCUT2D eigenvalue weighted by molar-refractivity contribution is 0.195. The lowest BCUT2D eigenvalue weighted by Crippen LogP contribution is -2.13. The topological polar surface area (TPSA) is 61.7 Å². The van der Waals surface area contributed by atoms with Crippen LogP contribution in [0.25, 0.3) is 0 Å². The van der Waals surface area contributed by atoms with E-state index in [2.05, 4.69) is 5.10 Å². The highest BCUT2D eigenvalue weighted by Crippen LogP contribution is 1.93. The van der Waals surface area contributed by atoms with E-state index in [1.165, 1.54) is 0 Å². The standard InChI is InChI=1S/C6H12N2O2/c1-5(2)3-4-7-8-6(9)10/h4-5,8H,3H2,1-2H3,(H,9,10). The summed E-state index contributed by atoms with van der Waals surface area (Å²) in [4.78, 5) is 9.82. The van der Waals surface area contributed by atoms with E-state index in [4.69, 9.17) is 5.11 Å². The minimum absolute atomic E-state index is 0.513. The third-order valence-electron chi connectivity index (χ3n) is 0.828. The number of carbonyl (C=O) groups is 1. The number of amides is 1. The molecule has 2 N–H and O–H groups in total. The monoisotopic (exact) mass is 144 g/mol. The molecule has 0 bridgehead atoms. The number of hydrogen-bond acceptors (Lipinski definition) is 2. The summed E-state index contributed by atoms with van der Waals surface area (Å²) in [5.74, 6) is 0.513. The van der Waals surface area contributed by atoms with Gasteiger partial charge in [-0.15, -0.1) is 0 Å². The van der Waals surface area contributed by atoms with E-state index < -0.39 is 6.09 Å². The average Bonchev–Trinajstić information content (AvgIpc) is 1.79. The predicted octanol–water partition coefficient (Wildman–Crippen LogP) is 1.29. The number of carboxylic acid groups (broad SMARTS) is 1. The minimum Gasteiger partial charge on any atom is -0.464 e. The van der Waals surface area contributed by atoms with Crippen molar-refractivity contribution in [3.63, 3.8) is 0 Å². The van der Waals surface area contributed by atoms with Crippen LogP contribution >= 0.6 is 0 Å². The summed E-state index contributed by atoms with van der Waals surface area (Å²) in [5.41, 5.74) is 1.89. The van der Waals surface area contributed by atoms with Gasteiger partial charge in [0.05, 0.1) is 0 Å². The van der Waals surface area contributed by atoms with Crippen LogP contribution in [-0.4, -0.2) is 17.4 Å². The van der Waals surface area contributed by atoms with Crippen LogP contribution in [-0.2, 0) is 0 Å². The first-order chi connectivity index (χ1) is 4.63. The first-order valence-electron chi connectivity index (χ1n) is 3.13. The van der Waals surface area contributed by atoms with Crippen LogP contribution in [0, 0.1) is 5.92 Å². The smallest absolute Gasteiger partial charge is 0.425 e. The highest BCUT2D eigenvalue weighted by atomic mass is 16.4. The van der Waals surface area contributed by atoms with Gasteiger partial charge in [-0.1, -0.05) is 13.8 Å². The fraction of sp³-hybridized carbons (Fsp3) is 0.667. The Morgan fingerprint density at radius 3 is 2.80 bits per heavy atom. The molecule has 0 heterocycles. The van der Waals surface area contributed by atoms with Crippen LogP contribution < -0.4 is 5.43 Å². The van der Waals surface area contributed by atoms with Crippen molar-refractivity contribution in [2.45, 2.75) is 20.3 Å². The number of nitrogens with zero attached hydrogens (tertiary/aromatic N) is 1. The molecule has 0 atom stereocenters. The molecule has 1 amide bonds. The SMILES string of the molecule is CC(C)CC=NNC(=O)O. The van der Waals surface area contributed by atoms with Gasteiger partial charge in [0, 0.05) is 6.21 Å². The molecule has 0 radical (unpaired) electrons. The molecule has 0 aliphatic rings. The highest BCUT2D eigenvalue weighted by Gasteiger charge is 1.89. The summed E-state index contributed by atoms with van der Waals surface area (Å²) in [6, 6.07) is 0. The molecule has 0 aromatic heterocycles. The van der Waals surface area contributed by atoms with Crippen molar-refractivity contribution in [1.82, 2.24) is 5.43 Å². The van der Waals surface area contributed by atoms with Crippen molar-refractivity contribution >= 4 is 12.3 Å². The van der Waals surface area contributed by atoms with Crippen LogP contribution in [0.3, 0.4) is 0 Å². The third-order valence-corrected chi connectivity index (χ3v) is 0.828. The maximum Gasteiger partial charge on any atom is 0.425 e. The van der Waals surface area contributed by atoms with Gasteiger partial charge in [0.1, 0.15) is 0 Å². The van der Waals surface area contributed by atoms with Crippen LogP contribution in [0.5, 0.6) is 0 Å². The Kier molecular flexibility index (Phi) is 4.28. The van der Waals surface area contributed by atoms with Crippen LogP contribution in [0.2, 0.25) is 0 Å². The molecule has 58 valence electrons. The first kappa shape index (κ1) is 8.94. The van der Waals surface area contributed by atoms with Crippen molar-refractivity contribution in [1.29, 1.82) is 0 Å². The Balaban J connectivity index is 3.29. The van der Waals surface area contributed by atoms with E-state index in [1.54, 1.807) is 6.21 Å². The van der Waals surface area contributed by atoms with E-state index in [0.29, 0.717) is 5.92 Å². The second-order valence-corrected chi connectivity index (χ2v) is 2.36. The highest BCUT2D eigenvalue weighted by molar-refractivity contribution is 5.66. The lowest BCUT2D eigenvalue weighted by atomic mass is 10.2. The van der Waals surface area contributed by atoms with Gasteiger partial charge >= 0.3 is 6.09 Å². The molecule has 0 aromatic rings. The van der Waals surface area contributed by atoms with Gasteiger partial charge in [-0.25, -0.2) is 10.2 Å². The van der Waals surface area contributed by atoms with E-state index in [9.17, 15) is 4.79 Å². The van der Waals surface area contributed by atoms with Crippen molar-refractivity contribution < 1.29 is 9.90 Å². The normalized spacial score (nSPS) is 10.7. The molecule has 0 aromatic carbocycles. The fourth-order valence-electron chi connectivity index (χ4n) is 0.364. The van der Waals surface area contributed by atoms with E-state index in [0.717, 1.165) is 6.42 Å². The average molecular weight is 144 g/mol.